The Bertz CT molecular complexity index is 1610. The topological polar surface area (TPSA) is 83.7 Å². The Balaban J connectivity index is 1.52. The van der Waals surface area contributed by atoms with E-state index in [0.717, 1.165) is 47.1 Å². The van der Waals surface area contributed by atoms with Crippen LogP contribution in [0.5, 0.6) is 0 Å². The van der Waals surface area contributed by atoms with Gasteiger partial charge < -0.3 is 19.8 Å². The average Bonchev–Trinajstić information content (AvgIpc) is 3.42. The van der Waals surface area contributed by atoms with Crippen LogP contribution >= 0.6 is 0 Å². The van der Waals surface area contributed by atoms with Gasteiger partial charge in [-0.15, -0.1) is 0 Å². The number of hydrogen-bond acceptors (Lipinski definition) is 6. The Labute approximate surface area is 238 Å². The first-order chi connectivity index (χ1) is 19.9. The third-order valence-corrected chi connectivity index (χ3v) is 8.15. The lowest BCUT2D eigenvalue weighted by atomic mass is 9.77. The number of rotatable bonds is 6. The van der Waals surface area contributed by atoms with Crippen molar-refractivity contribution in [1.29, 1.82) is 0 Å². The van der Waals surface area contributed by atoms with Crippen LogP contribution in [0.1, 0.15) is 54.0 Å². The van der Waals surface area contributed by atoms with Gasteiger partial charge in [-0.25, -0.2) is 14.0 Å². The molecule has 1 aromatic heterocycles. The first-order valence-corrected chi connectivity index (χ1v) is 14.2. The molecule has 212 valence electrons. The highest BCUT2D eigenvalue weighted by Crippen LogP contribution is 2.47. The number of ether oxygens (including phenoxy) is 2. The van der Waals surface area contributed by atoms with Crippen molar-refractivity contribution in [3.8, 4) is 0 Å². The number of H-pyrrole nitrogens is 1. The third kappa shape index (κ3) is 4.97. The van der Waals surface area contributed by atoms with E-state index < -0.39 is 29.8 Å². The summed E-state index contributed by atoms with van der Waals surface area (Å²) in [5, 5.41) is 4.38. The number of benzene rings is 2. The number of aryl methyl sites for hydroxylation is 2. The second-order valence-electron chi connectivity index (χ2n) is 10.9. The predicted molar refractivity (Wildman–Crippen MR) is 154 cm³/mol. The summed E-state index contributed by atoms with van der Waals surface area (Å²) in [6.45, 7) is 7.73. The molecular formula is C33H34FN3O4. The molecule has 0 amide bonds. The van der Waals surface area contributed by atoms with Crippen LogP contribution in [0, 0.1) is 19.7 Å². The van der Waals surface area contributed by atoms with E-state index in [1.165, 1.54) is 6.07 Å². The Hall–Kier alpha value is -4.17. The highest BCUT2D eigenvalue weighted by atomic mass is 19.1. The number of aromatic amines is 1. The van der Waals surface area contributed by atoms with E-state index in [9.17, 15) is 9.59 Å². The maximum absolute atomic E-state index is 15.3. The molecule has 3 aliphatic heterocycles. The molecule has 0 radical (unpaired) electrons. The van der Waals surface area contributed by atoms with Gasteiger partial charge in [-0.05, 0) is 62.1 Å². The first-order valence-electron chi connectivity index (χ1n) is 14.2. The number of hydrogen-bond donors (Lipinski definition) is 2. The van der Waals surface area contributed by atoms with Crippen LogP contribution in [0.4, 0.5) is 4.39 Å². The smallest absolute Gasteiger partial charge is 0.337 e. The fourth-order valence-corrected chi connectivity index (χ4v) is 6.43. The molecule has 3 aromatic rings. The quantitative estimate of drug-likeness (QED) is 0.303. The number of carbonyl (C=O) groups is 2. The van der Waals surface area contributed by atoms with E-state index in [1.54, 1.807) is 6.92 Å². The number of nitrogens with one attached hydrogen (secondary N) is 2. The molecule has 0 saturated heterocycles. The Morgan fingerprint density at radius 3 is 2.80 bits per heavy atom. The standard InChI is InChI=1S/C33H34FN3O4/c1-4-40-32(38)31-26(18-37-13-6-5-7-14-37)36-25-17-27(28-20(3)15-19(2)16-23(28)34)41-33(39)30(25)29(31)22-9-8-10-24-21(22)11-12-35-24/h5-6,8-12,15-16,27,29,35-36H,4,7,13-14,17-18H2,1-3H3. The van der Waals surface area contributed by atoms with E-state index in [2.05, 4.69) is 27.4 Å². The molecule has 6 rings (SSSR count). The van der Waals surface area contributed by atoms with Gasteiger partial charge in [0, 0.05) is 60.1 Å². The molecule has 0 aliphatic carbocycles. The summed E-state index contributed by atoms with van der Waals surface area (Å²) >= 11 is 0. The largest absolute Gasteiger partial charge is 0.463 e. The van der Waals surface area contributed by atoms with Crippen LogP contribution in [-0.2, 0) is 19.1 Å². The zero-order valence-electron chi connectivity index (χ0n) is 23.6. The molecule has 0 saturated carbocycles. The summed E-state index contributed by atoms with van der Waals surface area (Å²) in [6, 6.07) is 11.1. The van der Waals surface area contributed by atoms with E-state index in [1.807, 2.05) is 50.4 Å². The van der Waals surface area contributed by atoms with Gasteiger partial charge in [-0.1, -0.05) is 30.4 Å². The lowest BCUT2D eigenvalue weighted by Gasteiger charge is -2.38. The van der Waals surface area contributed by atoms with E-state index in [-0.39, 0.29) is 13.0 Å². The van der Waals surface area contributed by atoms with E-state index in [4.69, 9.17) is 9.47 Å². The van der Waals surface area contributed by atoms with E-state index in [0.29, 0.717) is 34.6 Å². The van der Waals surface area contributed by atoms with Crippen LogP contribution in [-0.4, -0.2) is 48.1 Å². The summed E-state index contributed by atoms with van der Waals surface area (Å²) in [5.41, 5.74) is 5.75. The van der Waals surface area contributed by atoms with Crippen molar-refractivity contribution in [3.63, 3.8) is 0 Å². The molecule has 0 fully saturated rings. The zero-order chi connectivity index (χ0) is 28.7. The molecule has 0 bridgehead atoms. The SMILES string of the molecule is CCOC(=O)C1=C(CN2CC=CCC2)NC2=C(C(=O)OC(c3c(C)cc(C)cc3F)C2)C1c1cccc2[nH]ccc12. The Kier molecular flexibility index (Phi) is 7.26. The number of dihydropyridines is 1. The van der Waals surface area contributed by atoms with Crippen molar-refractivity contribution in [1.82, 2.24) is 15.2 Å². The second kappa shape index (κ2) is 11.0. The number of aromatic nitrogens is 1. The van der Waals surface area contributed by atoms with Crippen molar-refractivity contribution < 1.29 is 23.5 Å². The minimum Gasteiger partial charge on any atom is -0.463 e. The summed E-state index contributed by atoms with van der Waals surface area (Å²) in [7, 11) is 0. The highest BCUT2D eigenvalue weighted by Gasteiger charge is 2.44. The molecule has 4 heterocycles. The van der Waals surface area contributed by atoms with Gasteiger partial charge in [0.15, 0.2) is 0 Å². The third-order valence-electron chi connectivity index (χ3n) is 8.15. The van der Waals surface area contributed by atoms with Gasteiger partial charge in [-0.2, -0.15) is 0 Å². The van der Waals surface area contributed by atoms with Crippen molar-refractivity contribution in [2.75, 3.05) is 26.2 Å². The van der Waals surface area contributed by atoms with Crippen molar-refractivity contribution in [2.24, 2.45) is 0 Å². The van der Waals surface area contributed by atoms with Crippen LogP contribution in [0.2, 0.25) is 0 Å². The maximum atomic E-state index is 15.3. The molecule has 7 nitrogen and oxygen atoms in total. The molecule has 3 aliphatic rings. The van der Waals surface area contributed by atoms with Crippen molar-refractivity contribution >= 4 is 22.8 Å². The van der Waals surface area contributed by atoms with Crippen LogP contribution in [0.25, 0.3) is 10.9 Å². The van der Waals surface area contributed by atoms with Crippen LogP contribution in [0.15, 0.2) is 77.3 Å². The zero-order valence-corrected chi connectivity index (χ0v) is 23.6. The van der Waals surface area contributed by atoms with Crippen LogP contribution in [0.3, 0.4) is 0 Å². The van der Waals surface area contributed by atoms with Gasteiger partial charge >= 0.3 is 11.9 Å². The summed E-state index contributed by atoms with van der Waals surface area (Å²) in [5.74, 6) is -2.14. The number of carbonyl (C=O) groups excluding carboxylic acids is 2. The number of nitrogens with zero attached hydrogens (tertiary/aromatic N) is 1. The lowest BCUT2D eigenvalue weighted by molar-refractivity contribution is -0.147. The normalized spacial score (nSPS) is 21.1. The fourth-order valence-electron chi connectivity index (χ4n) is 6.43. The number of halogens is 1. The average molecular weight is 556 g/mol. The number of cyclic esters (lactones) is 1. The number of fused-ring (bicyclic) bond motifs is 1. The van der Waals surface area contributed by atoms with Gasteiger partial charge in [0.2, 0.25) is 0 Å². The van der Waals surface area contributed by atoms with Gasteiger partial charge in [0.05, 0.1) is 23.7 Å². The van der Waals surface area contributed by atoms with Crippen molar-refractivity contribution in [2.45, 2.75) is 45.6 Å². The summed E-state index contributed by atoms with van der Waals surface area (Å²) < 4.78 is 26.8. The molecule has 2 N–H and O–H groups in total. The molecule has 8 heteroatoms. The maximum Gasteiger partial charge on any atom is 0.337 e. The highest BCUT2D eigenvalue weighted by molar-refractivity contribution is 6.02. The Morgan fingerprint density at radius 2 is 2.05 bits per heavy atom. The molecule has 2 atom stereocenters. The lowest BCUT2D eigenvalue weighted by Crippen LogP contribution is -2.42. The monoisotopic (exact) mass is 555 g/mol. The minimum absolute atomic E-state index is 0.202. The Morgan fingerprint density at radius 1 is 1.20 bits per heavy atom. The second-order valence-corrected chi connectivity index (χ2v) is 10.9. The summed E-state index contributed by atoms with van der Waals surface area (Å²) in [6.07, 6.45) is 6.51. The van der Waals surface area contributed by atoms with Crippen LogP contribution < -0.4 is 5.32 Å². The van der Waals surface area contributed by atoms with Gasteiger partial charge in [0.1, 0.15) is 11.9 Å². The predicted octanol–water partition coefficient (Wildman–Crippen LogP) is 5.63. The molecule has 0 spiro atoms. The molecular weight excluding hydrogens is 521 g/mol. The molecule has 2 aromatic carbocycles. The molecule has 2 unspecified atom stereocenters. The summed E-state index contributed by atoms with van der Waals surface area (Å²) in [4.78, 5) is 33.1. The van der Waals surface area contributed by atoms with Crippen molar-refractivity contribution in [3.05, 3.63) is 105 Å². The van der Waals surface area contributed by atoms with Gasteiger partial charge in [-0.3, -0.25) is 4.90 Å². The number of esters is 2. The van der Waals surface area contributed by atoms with Gasteiger partial charge in [0.25, 0.3) is 0 Å². The first kappa shape index (κ1) is 27.0. The minimum atomic E-state index is -0.790. The van der Waals surface area contributed by atoms with E-state index >= 15 is 4.39 Å². The fraction of sp³-hybridized carbons (Fsp3) is 0.333. The molecule has 41 heavy (non-hydrogen) atoms.